The summed E-state index contributed by atoms with van der Waals surface area (Å²) in [5, 5.41) is 5.49. The predicted octanol–water partition coefficient (Wildman–Crippen LogP) is 3.42. The smallest absolute Gasteiger partial charge is 0.325 e. The van der Waals surface area contributed by atoms with Gasteiger partial charge in [-0.15, -0.1) is 0 Å². The number of carbonyl (C=O) groups is 1. The van der Waals surface area contributed by atoms with Crippen molar-refractivity contribution in [2.45, 2.75) is 38.9 Å². The minimum absolute atomic E-state index is 0.147. The maximum Gasteiger partial charge on any atom is 0.416 e. The van der Waals surface area contributed by atoms with Crippen molar-refractivity contribution in [2.24, 2.45) is 0 Å². The van der Waals surface area contributed by atoms with Crippen molar-refractivity contribution in [1.82, 2.24) is 5.32 Å². The number of hydrogen-bond donors (Lipinski definition) is 2. The van der Waals surface area contributed by atoms with Gasteiger partial charge >= 0.3 is 6.18 Å². The molecule has 1 aromatic carbocycles. The van der Waals surface area contributed by atoms with Gasteiger partial charge in [-0.1, -0.05) is 19.4 Å². The van der Waals surface area contributed by atoms with Crippen LogP contribution in [0.25, 0.3) is 0 Å². The molecule has 0 heterocycles. The molecule has 0 saturated carbocycles. The summed E-state index contributed by atoms with van der Waals surface area (Å²) < 4.78 is 37.6. The second-order valence-corrected chi connectivity index (χ2v) is 4.60. The van der Waals surface area contributed by atoms with Crippen molar-refractivity contribution in [3.63, 3.8) is 0 Å². The van der Waals surface area contributed by atoms with Crippen molar-refractivity contribution in [2.75, 3.05) is 11.9 Å². The molecule has 2 N–H and O–H groups in total. The largest absolute Gasteiger partial charge is 0.416 e. The van der Waals surface area contributed by atoms with E-state index < -0.39 is 17.8 Å². The van der Waals surface area contributed by atoms with Crippen LogP contribution in [0.2, 0.25) is 0 Å². The highest BCUT2D eigenvalue weighted by molar-refractivity contribution is 5.94. The highest BCUT2D eigenvalue weighted by atomic mass is 19.4. The Hall–Kier alpha value is -1.56. The number of amides is 1. The van der Waals surface area contributed by atoms with Crippen molar-refractivity contribution < 1.29 is 18.0 Å². The zero-order valence-electron chi connectivity index (χ0n) is 11.6. The van der Waals surface area contributed by atoms with Gasteiger partial charge in [-0.3, -0.25) is 4.79 Å². The highest BCUT2D eigenvalue weighted by Crippen LogP contribution is 2.30. The van der Waals surface area contributed by atoms with Crippen LogP contribution in [-0.4, -0.2) is 18.5 Å². The van der Waals surface area contributed by atoms with Gasteiger partial charge < -0.3 is 10.6 Å². The minimum Gasteiger partial charge on any atom is -0.325 e. The molecule has 0 bridgehead atoms. The van der Waals surface area contributed by atoms with Crippen LogP contribution in [0.3, 0.4) is 0 Å². The molecule has 6 heteroatoms. The fourth-order valence-electron chi connectivity index (χ4n) is 1.61. The number of unbranched alkanes of at least 4 members (excludes halogenated alkanes) is 1. The average Bonchev–Trinajstić information content (AvgIpc) is 2.38. The number of alkyl halides is 3. The third-order valence-corrected chi connectivity index (χ3v) is 2.83. The summed E-state index contributed by atoms with van der Waals surface area (Å²) >= 11 is 0. The Labute approximate surface area is 116 Å². The van der Waals surface area contributed by atoms with E-state index in [2.05, 4.69) is 10.6 Å². The van der Waals surface area contributed by atoms with E-state index in [4.69, 9.17) is 0 Å². The van der Waals surface area contributed by atoms with E-state index in [0.717, 1.165) is 25.0 Å². The van der Waals surface area contributed by atoms with Crippen LogP contribution in [0.5, 0.6) is 0 Å². The Morgan fingerprint density at radius 1 is 1.35 bits per heavy atom. The minimum atomic E-state index is -4.41. The molecule has 0 aliphatic heterocycles. The lowest BCUT2D eigenvalue weighted by Gasteiger charge is -2.14. The van der Waals surface area contributed by atoms with Crippen LogP contribution in [0, 0.1) is 0 Å². The van der Waals surface area contributed by atoms with Crippen LogP contribution in [0.15, 0.2) is 24.3 Å². The molecule has 3 nitrogen and oxygen atoms in total. The molecule has 0 aliphatic carbocycles. The van der Waals surface area contributed by atoms with E-state index >= 15 is 0 Å². The van der Waals surface area contributed by atoms with E-state index in [9.17, 15) is 18.0 Å². The Bertz CT molecular complexity index is 446. The summed E-state index contributed by atoms with van der Waals surface area (Å²) in [6.45, 7) is 4.42. The molecule has 0 aromatic heterocycles. The topological polar surface area (TPSA) is 41.1 Å². The molecule has 0 fully saturated rings. The van der Waals surface area contributed by atoms with Gasteiger partial charge in [0.1, 0.15) is 0 Å². The molecule has 1 aromatic rings. The summed E-state index contributed by atoms with van der Waals surface area (Å²) in [6.07, 6.45) is -2.46. The van der Waals surface area contributed by atoms with E-state index in [-0.39, 0.29) is 11.6 Å². The van der Waals surface area contributed by atoms with Crippen molar-refractivity contribution in [3.05, 3.63) is 29.8 Å². The molecular formula is C14H19F3N2O. The Kier molecular flexibility index (Phi) is 6.01. The molecule has 112 valence electrons. The maximum absolute atomic E-state index is 12.5. The number of nitrogens with one attached hydrogen (secondary N) is 2. The molecule has 1 atom stereocenters. The lowest BCUT2D eigenvalue weighted by molar-refractivity contribution is -0.137. The predicted molar refractivity (Wildman–Crippen MR) is 72.4 cm³/mol. The van der Waals surface area contributed by atoms with E-state index in [0.29, 0.717) is 6.54 Å². The second-order valence-electron chi connectivity index (χ2n) is 4.60. The van der Waals surface area contributed by atoms with Gasteiger partial charge in [-0.2, -0.15) is 13.2 Å². The Balaban J connectivity index is 2.62. The standard InChI is InChI=1S/C14H19F3N2O/c1-3-4-8-18-10(2)13(20)19-12-7-5-6-11(9-12)14(15,16)17/h5-7,9-10,18H,3-4,8H2,1-2H3,(H,19,20). The summed E-state index contributed by atoms with van der Waals surface area (Å²) in [6, 6.07) is 4.16. The quantitative estimate of drug-likeness (QED) is 0.787. The first-order valence-electron chi connectivity index (χ1n) is 6.56. The lowest BCUT2D eigenvalue weighted by atomic mass is 10.2. The molecule has 1 rings (SSSR count). The summed E-state index contributed by atoms with van der Waals surface area (Å²) in [7, 11) is 0. The van der Waals surface area contributed by atoms with E-state index in [1.165, 1.54) is 12.1 Å². The summed E-state index contributed by atoms with van der Waals surface area (Å²) in [4.78, 5) is 11.8. The first-order valence-corrected chi connectivity index (χ1v) is 6.56. The lowest BCUT2D eigenvalue weighted by Crippen LogP contribution is -2.38. The second kappa shape index (κ2) is 7.28. The van der Waals surface area contributed by atoms with Gasteiger partial charge in [0.05, 0.1) is 11.6 Å². The van der Waals surface area contributed by atoms with Crippen molar-refractivity contribution >= 4 is 11.6 Å². The van der Waals surface area contributed by atoms with Gasteiger partial charge in [0, 0.05) is 5.69 Å². The zero-order valence-corrected chi connectivity index (χ0v) is 11.6. The van der Waals surface area contributed by atoms with Crippen LogP contribution >= 0.6 is 0 Å². The third-order valence-electron chi connectivity index (χ3n) is 2.83. The fourth-order valence-corrected chi connectivity index (χ4v) is 1.61. The first-order chi connectivity index (χ1) is 9.34. The number of anilines is 1. The number of rotatable bonds is 6. The van der Waals surface area contributed by atoms with Gasteiger partial charge in [0.15, 0.2) is 0 Å². The van der Waals surface area contributed by atoms with Crippen LogP contribution in [0.1, 0.15) is 32.3 Å². The van der Waals surface area contributed by atoms with Crippen molar-refractivity contribution in [1.29, 1.82) is 0 Å². The molecule has 0 saturated heterocycles. The van der Waals surface area contributed by atoms with Crippen LogP contribution in [-0.2, 0) is 11.0 Å². The van der Waals surface area contributed by atoms with Gasteiger partial charge in [-0.25, -0.2) is 0 Å². The monoisotopic (exact) mass is 288 g/mol. The summed E-state index contributed by atoms with van der Waals surface area (Å²) in [5.74, 6) is -0.347. The van der Waals surface area contributed by atoms with Gasteiger partial charge in [-0.05, 0) is 38.1 Å². The molecule has 0 spiro atoms. The van der Waals surface area contributed by atoms with Crippen molar-refractivity contribution in [3.8, 4) is 0 Å². The van der Waals surface area contributed by atoms with Crippen LogP contribution < -0.4 is 10.6 Å². The van der Waals surface area contributed by atoms with E-state index in [1.807, 2.05) is 6.92 Å². The highest BCUT2D eigenvalue weighted by Gasteiger charge is 2.30. The fraction of sp³-hybridized carbons (Fsp3) is 0.500. The summed E-state index contributed by atoms with van der Waals surface area (Å²) in [5.41, 5.74) is -0.629. The van der Waals surface area contributed by atoms with Gasteiger partial charge in [0.2, 0.25) is 5.91 Å². The number of hydrogen-bond acceptors (Lipinski definition) is 2. The van der Waals surface area contributed by atoms with Crippen LogP contribution in [0.4, 0.5) is 18.9 Å². The van der Waals surface area contributed by atoms with Gasteiger partial charge in [0.25, 0.3) is 0 Å². The molecular weight excluding hydrogens is 269 g/mol. The maximum atomic E-state index is 12.5. The zero-order chi connectivity index (χ0) is 15.2. The SMILES string of the molecule is CCCCNC(C)C(=O)Nc1cccc(C(F)(F)F)c1. The molecule has 0 radical (unpaired) electrons. The molecule has 1 unspecified atom stereocenters. The number of halogens is 3. The molecule has 1 amide bonds. The van der Waals surface area contributed by atoms with E-state index in [1.54, 1.807) is 6.92 Å². The third kappa shape index (κ3) is 5.21. The number of carbonyl (C=O) groups excluding carboxylic acids is 1. The normalized spacial score (nSPS) is 13.1. The Morgan fingerprint density at radius 2 is 2.05 bits per heavy atom. The Morgan fingerprint density at radius 3 is 2.65 bits per heavy atom. The number of benzene rings is 1. The molecule has 0 aliphatic rings. The molecule has 20 heavy (non-hydrogen) atoms. The average molecular weight is 288 g/mol. The first kappa shape index (κ1) is 16.5.